The van der Waals surface area contributed by atoms with E-state index in [0.29, 0.717) is 17.2 Å². The minimum Gasteiger partial charge on any atom is -0.507 e. The third kappa shape index (κ3) is 4.07. The summed E-state index contributed by atoms with van der Waals surface area (Å²) in [6.45, 7) is 7.75. The summed E-state index contributed by atoms with van der Waals surface area (Å²) in [4.78, 5) is 30.7. The van der Waals surface area contributed by atoms with E-state index in [4.69, 9.17) is 4.98 Å². The first-order valence-corrected chi connectivity index (χ1v) is 11.1. The summed E-state index contributed by atoms with van der Waals surface area (Å²) in [6.07, 6.45) is 1.89. The van der Waals surface area contributed by atoms with Crippen molar-refractivity contribution in [2.45, 2.75) is 40.2 Å². The number of imidazole rings is 1. The topological polar surface area (TPSA) is 87.5 Å². The predicted molar refractivity (Wildman–Crippen MR) is 125 cm³/mol. The average Bonchev–Trinajstić information content (AvgIpc) is 3.14. The molecule has 1 aliphatic rings. The molecule has 4 rings (SSSR count). The molecule has 0 unspecified atom stereocenters. The Morgan fingerprint density at radius 3 is 2.38 bits per heavy atom. The number of amides is 2. The van der Waals surface area contributed by atoms with Gasteiger partial charge in [0.25, 0.3) is 5.91 Å². The number of aryl methyl sites for hydroxylation is 2. The van der Waals surface area contributed by atoms with Gasteiger partial charge in [-0.2, -0.15) is 0 Å². The normalized spacial score (nSPS) is 14.7. The number of phenols is 1. The van der Waals surface area contributed by atoms with E-state index in [9.17, 15) is 14.7 Å². The van der Waals surface area contributed by atoms with E-state index >= 15 is 0 Å². The van der Waals surface area contributed by atoms with E-state index in [1.54, 1.807) is 14.0 Å². The maximum Gasteiger partial charge on any atom is 0.251 e. The standard InChI is InChI=1S/C25H30N4O3/c1-15-11-20(12-16(2)23(15)31)24-27-21-13-19(25(32)26-4)5-6-22(21)29(24)14-18-7-9-28(10-8-18)17(3)30/h5-6,11-13,18,31H,7-10,14H2,1-4H3,(H,26,32). The first-order chi connectivity index (χ1) is 15.3. The van der Waals surface area contributed by atoms with Gasteiger partial charge in [-0.1, -0.05) is 0 Å². The van der Waals surface area contributed by atoms with Crippen LogP contribution in [0.3, 0.4) is 0 Å². The molecule has 0 bridgehead atoms. The SMILES string of the molecule is CNC(=O)c1ccc2c(c1)nc(-c1cc(C)c(O)c(C)c1)n2CC1CCN(C(C)=O)CC1. The molecule has 0 spiro atoms. The summed E-state index contributed by atoms with van der Waals surface area (Å²) in [6, 6.07) is 9.53. The molecule has 1 saturated heterocycles. The lowest BCUT2D eigenvalue weighted by Crippen LogP contribution is -2.38. The minimum absolute atomic E-state index is 0.133. The van der Waals surface area contributed by atoms with Gasteiger partial charge in [-0.3, -0.25) is 9.59 Å². The van der Waals surface area contributed by atoms with Crippen LogP contribution < -0.4 is 5.32 Å². The number of carbonyl (C=O) groups is 2. The molecule has 0 aliphatic carbocycles. The van der Waals surface area contributed by atoms with Gasteiger partial charge in [0.15, 0.2) is 0 Å². The highest BCUT2D eigenvalue weighted by Crippen LogP contribution is 2.33. The number of phenolic OH excluding ortho intramolecular Hbond substituents is 1. The second-order valence-corrected chi connectivity index (χ2v) is 8.74. The Kier molecular flexibility index (Phi) is 5.91. The lowest BCUT2D eigenvalue weighted by molar-refractivity contribution is -0.130. The van der Waals surface area contributed by atoms with Crippen LogP contribution in [-0.2, 0) is 11.3 Å². The van der Waals surface area contributed by atoms with Crippen molar-refractivity contribution in [2.75, 3.05) is 20.1 Å². The second-order valence-electron chi connectivity index (χ2n) is 8.74. The lowest BCUT2D eigenvalue weighted by atomic mass is 9.96. The Morgan fingerprint density at radius 1 is 1.12 bits per heavy atom. The molecule has 3 aromatic rings. The fourth-order valence-electron chi connectivity index (χ4n) is 4.59. The average molecular weight is 435 g/mol. The number of carbonyl (C=O) groups excluding carboxylic acids is 2. The molecule has 7 nitrogen and oxygen atoms in total. The molecule has 2 heterocycles. The van der Waals surface area contributed by atoms with E-state index in [1.165, 1.54) is 0 Å². The zero-order chi connectivity index (χ0) is 23.0. The molecule has 32 heavy (non-hydrogen) atoms. The van der Waals surface area contributed by atoms with Gasteiger partial charge in [-0.25, -0.2) is 4.98 Å². The number of hydrogen-bond acceptors (Lipinski definition) is 4. The molecule has 1 aromatic heterocycles. The molecule has 168 valence electrons. The number of likely N-dealkylation sites (tertiary alicyclic amines) is 1. The smallest absolute Gasteiger partial charge is 0.251 e. The first kappa shape index (κ1) is 21.9. The Balaban J connectivity index is 1.77. The molecular formula is C25H30N4O3. The molecule has 2 N–H and O–H groups in total. The predicted octanol–water partition coefficient (Wildman–Crippen LogP) is 3.64. The highest BCUT2D eigenvalue weighted by molar-refractivity contribution is 5.97. The molecular weight excluding hydrogens is 404 g/mol. The van der Waals surface area contributed by atoms with Crippen LogP contribution in [0.5, 0.6) is 5.75 Å². The summed E-state index contributed by atoms with van der Waals surface area (Å²) in [5.74, 6) is 1.55. The quantitative estimate of drug-likeness (QED) is 0.656. The third-order valence-corrected chi connectivity index (χ3v) is 6.49. The van der Waals surface area contributed by atoms with Gasteiger partial charge in [-0.15, -0.1) is 0 Å². The van der Waals surface area contributed by atoms with Crippen molar-refractivity contribution < 1.29 is 14.7 Å². The van der Waals surface area contributed by atoms with Crippen LogP contribution in [-0.4, -0.2) is 51.5 Å². The van der Waals surface area contributed by atoms with Crippen molar-refractivity contribution >= 4 is 22.8 Å². The van der Waals surface area contributed by atoms with E-state index < -0.39 is 0 Å². The van der Waals surface area contributed by atoms with E-state index in [0.717, 1.165) is 66.0 Å². The monoisotopic (exact) mass is 434 g/mol. The van der Waals surface area contributed by atoms with Crippen LogP contribution in [0.1, 0.15) is 41.3 Å². The molecule has 0 radical (unpaired) electrons. The van der Waals surface area contributed by atoms with Crippen LogP contribution >= 0.6 is 0 Å². The van der Waals surface area contributed by atoms with Crippen molar-refractivity contribution in [3.8, 4) is 17.1 Å². The van der Waals surface area contributed by atoms with Gasteiger partial charge in [0.05, 0.1) is 11.0 Å². The van der Waals surface area contributed by atoms with Gasteiger partial charge < -0.3 is 19.9 Å². The molecule has 7 heteroatoms. The van der Waals surface area contributed by atoms with E-state index in [2.05, 4.69) is 9.88 Å². The Bertz CT molecular complexity index is 1170. The summed E-state index contributed by atoms with van der Waals surface area (Å²) in [5.41, 5.74) is 4.87. The number of nitrogens with zero attached hydrogens (tertiary/aromatic N) is 3. The molecule has 0 saturated carbocycles. The number of rotatable bonds is 4. The zero-order valence-corrected chi connectivity index (χ0v) is 19.1. The van der Waals surface area contributed by atoms with Crippen LogP contribution in [0.4, 0.5) is 0 Å². The summed E-state index contributed by atoms with van der Waals surface area (Å²) < 4.78 is 2.22. The highest BCUT2D eigenvalue weighted by Gasteiger charge is 2.24. The van der Waals surface area contributed by atoms with Crippen molar-refractivity contribution in [1.29, 1.82) is 0 Å². The van der Waals surface area contributed by atoms with Crippen molar-refractivity contribution in [1.82, 2.24) is 19.8 Å². The fourth-order valence-corrected chi connectivity index (χ4v) is 4.59. The fraction of sp³-hybridized carbons (Fsp3) is 0.400. The Morgan fingerprint density at radius 2 is 1.78 bits per heavy atom. The number of piperidine rings is 1. The van der Waals surface area contributed by atoms with Gasteiger partial charge in [0.1, 0.15) is 11.6 Å². The molecule has 0 atom stereocenters. The van der Waals surface area contributed by atoms with Crippen molar-refractivity contribution in [2.24, 2.45) is 5.92 Å². The summed E-state index contributed by atoms with van der Waals surface area (Å²) in [5, 5.41) is 12.9. The molecule has 1 aliphatic heterocycles. The van der Waals surface area contributed by atoms with E-state index in [-0.39, 0.29) is 11.8 Å². The van der Waals surface area contributed by atoms with Gasteiger partial charge in [-0.05, 0) is 74.1 Å². The number of aromatic hydroxyl groups is 1. The van der Waals surface area contributed by atoms with Gasteiger partial charge >= 0.3 is 0 Å². The van der Waals surface area contributed by atoms with Gasteiger partial charge in [0.2, 0.25) is 5.91 Å². The maximum absolute atomic E-state index is 12.1. The number of hydrogen-bond donors (Lipinski definition) is 2. The van der Waals surface area contributed by atoms with Crippen molar-refractivity contribution in [3.05, 3.63) is 47.0 Å². The first-order valence-electron chi connectivity index (χ1n) is 11.1. The Hall–Kier alpha value is -3.35. The lowest BCUT2D eigenvalue weighted by Gasteiger charge is -2.31. The second kappa shape index (κ2) is 8.65. The maximum atomic E-state index is 12.1. The number of nitrogens with one attached hydrogen (secondary N) is 1. The van der Waals surface area contributed by atoms with Crippen LogP contribution in [0.15, 0.2) is 30.3 Å². The summed E-state index contributed by atoms with van der Waals surface area (Å²) >= 11 is 0. The largest absolute Gasteiger partial charge is 0.507 e. The third-order valence-electron chi connectivity index (χ3n) is 6.49. The summed E-state index contributed by atoms with van der Waals surface area (Å²) in [7, 11) is 1.62. The zero-order valence-electron chi connectivity index (χ0n) is 19.1. The van der Waals surface area contributed by atoms with Crippen LogP contribution in [0.25, 0.3) is 22.4 Å². The van der Waals surface area contributed by atoms with E-state index in [1.807, 2.05) is 49.1 Å². The molecule has 2 aromatic carbocycles. The number of fused-ring (bicyclic) bond motifs is 1. The Labute approximate surface area is 188 Å². The number of aromatic nitrogens is 2. The highest BCUT2D eigenvalue weighted by atomic mass is 16.3. The van der Waals surface area contributed by atoms with Crippen molar-refractivity contribution in [3.63, 3.8) is 0 Å². The van der Waals surface area contributed by atoms with Crippen LogP contribution in [0.2, 0.25) is 0 Å². The number of benzene rings is 2. The molecule has 2 amide bonds. The molecule has 1 fully saturated rings. The van der Waals surface area contributed by atoms with Gasteiger partial charge in [0, 0.05) is 44.7 Å². The minimum atomic E-state index is -0.143. The van der Waals surface area contributed by atoms with Crippen LogP contribution in [0, 0.1) is 19.8 Å².